The molecule has 4 N–H and O–H groups in total. The van der Waals surface area contributed by atoms with Crippen LogP contribution in [0.3, 0.4) is 0 Å². The molecule has 3 amide bonds. The summed E-state index contributed by atoms with van der Waals surface area (Å²) in [5.41, 5.74) is 6.96. The summed E-state index contributed by atoms with van der Waals surface area (Å²) in [5.74, 6) is -0.372. The second-order valence-electron chi connectivity index (χ2n) is 5.44. The molecule has 2 unspecified atom stereocenters. The molecule has 126 valence electrons. The van der Waals surface area contributed by atoms with Gasteiger partial charge in [-0.05, 0) is 24.1 Å². The van der Waals surface area contributed by atoms with Crippen LogP contribution in [0.1, 0.15) is 12.0 Å². The quantitative estimate of drug-likeness (QED) is 0.694. The van der Waals surface area contributed by atoms with Crippen LogP contribution in [-0.4, -0.2) is 59.3 Å². The molecule has 1 aromatic carbocycles. The lowest BCUT2D eigenvalue weighted by Crippen LogP contribution is -2.69. The van der Waals surface area contributed by atoms with Gasteiger partial charge in [0.25, 0.3) is 5.91 Å². The van der Waals surface area contributed by atoms with Crippen LogP contribution in [0.15, 0.2) is 24.3 Å². The molecule has 0 saturated carbocycles. The number of nitrogens with two attached hydrogens (primary N) is 1. The molecule has 1 heterocycles. The first-order valence-corrected chi connectivity index (χ1v) is 7.76. The fraction of sp³-hybridized carbons (Fsp3) is 0.467. The van der Waals surface area contributed by atoms with Crippen LogP contribution in [0.2, 0.25) is 5.02 Å². The van der Waals surface area contributed by atoms with E-state index >= 15 is 0 Å². The molecule has 1 aliphatic rings. The van der Waals surface area contributed by atoms with Crippen molar-refractivity contribution in [2.24, 2.45) is 5.73 Å². The topological polar surface area (TPSA) is 98.9 Å². The number of imide groups is 1. The van der Waals surface area contributed by atoms with Crippen LogP contribution in [-0.2, 0) is 11.3 Å². The SMILES string of the molecule is CN1C(=O)N(CCCO)C(=O)C(NCc2ccc(Cl)cc2)C1N. The molecular formula is C15H21ClN4O3. The molecule has 0 bridgehead atoms. The number of halogens is 1. The molecule has 0 spiro atoms. The van der Waals surface area contributed by atoms with Crippen molar-refractivity contribution in [2.75, 3.05) is 20.2 Å². The molecule has 0 radical (unpaired) electrons. The summed E-state index contributed by atoms with van der Waals surface area (Å²) in [6.07, 6.45) is -0.405. The van der Waals surface area contributed by atoms with Crippen LogP contribution < -0.4 is 11.1 Å². The highest BCUT2D eigenvalue weighted by molar-refractivity contribution is 6.30. The van der Waals surface area contributed by atoms with Gasteiger partial charge in [-0.15, -0.1) is 0 Å². The Morgan fingerprint density at radius 1 is 1.30 bits per heavy atom. The highest BCUT2D eigenvalue weighted by Crippen LogP contribution is 2.15. The summed E-state index contributed by atoms with van der Waals surface area (Å²) in [6, 6.07) is 6.10. The smallest absolute Gasteiger partial charge is 0.327 e. The van der Waals surface area contributed by atoms with Crippen molar-refractivity contribution in [3.05, 3.63) is 34.9 Å². The third kappa shape index (κ3) is 4.00. The molecule has 7 nitrogen and oxygen atoms in total. The zero-order valence-corrected chi connectivity index (χ0v) is 13.7. The monoisotopic (exact) mass is 340 g/mol. The summed E-state index contributed by atoms with van der Waals surface area (Å²) in [7, 11) is 1.56. The predicted octanol–water partition coefficient (Wildman–Crippen LogP) is 0.359. The zero-order valence-electron chi connectivity index (χ0n) is 12.9. The van der Waals surface area contributed by atoms with Crippen LogP contribution in [0.4, 0.5) is 4.79 Å². The first kappa shape index (κ1) is 17.7. The first-order valence-electron chi connectivity index (χ1n) is 7.38. The van der Waals surface area contributed by atoms with Crippen molar-refractivity contribution in [1.29, 1.82) is 0 Å². The number of nitrogens with zero attached hydrogens (tertiary/aromatic N) is 2. The minimum absolute atomic E-state index is 0.0876. The zero-order chi connectivity index (χ0) is 17.0. The summed E-state index contributed by atoms with van der Waals surface area (Å²) in [5, 5.41) is 12.7. The van der Waals surface area contributed by atoms with Crippen LogP contribution in [0.5, 0.6) is 0 Å². The summed E-state index contributed by atoms with van der Waals surface area (Å²) < 4.78 is 0. The van der Waals surface area contributed by atoms with E-state index in [4.69, 9.17) is 22.4 Å². The molecule has 0 aliphatic carbocycles. The van der Waals surface area contributed by atoms with Crippen molar-refractivity contribution in [2.45, 2.75) is 25.2 Å². The van der Waals surface area contributed by atoms with Crippen LogP contribution >= 0.6 is 11.6 Å². The summed E-state index contributed by atoms with van der Waals surface area (Å²) in [6.45, 7) is 0.511. The Bertz CT molecular complexity index is 566. The lowest BCUT2D eigenvalue weighted by molar-refractivity contribution is -0.135. The van der Waals surface area contributed by atoms with Gasteiger partial charge < -0.3 is 15.7 Å². The largest absolute Gasteiger partial charge is 0.396 e. The Morgan fingerprint density at radius 2 is 1.96 bits per heavy atom. The van der Waals surface area contributed by atoms with Gasteiger partial charge in [0.1, 0.15) is 12.2 Å². The third-order valence-corrected chi connectivity index (χ3v) is 4.08. The molecule has 1 fully saturated rings. The molecule has 1 aromatic rings. The number of aliphatic hydroxyl groups is 1. The second-order valence-corrected chi connectivity index (χ2v) is 5.87. The number of amides is 3. The van der Waals surface area contributed by atoms with Gasteiger partial charge in [-0.1, -0.05) is 23.7 Å². The number of hydrogen-bond acceptors (Lipinski definition) is 5. The third-order valence-electron chi connectivity index (χ3n) is 3.83. The summed E-state index contributed by atoms with van der Waals surface area (Å²) >= 11 is 5.84. The lowest BCUT2D eigenvalue weighted by Gasteiger charge is -2.41. The number of carbonyl (C=O) groups excluding carboxylic acids is 2. The van der Waals surface area contributed by atoms with Gasteiger partial charge in [0.15, 0.2) is 0 Å². The first-order chi connectivity index (χ1) is 11.0. The summed E-state index contributed by atoms with van der Waals surface area (Å²) in [4.78, 5) is 27.1. The Balaban J connectivity index is 2.07. The normalized spacial score (nSPS) is 21.9. The maximum atomic E-state index is 12.5. The van der Waals surface area contributed by atoms with Crippen LogP contribution in [0.25, 0.3) is 0 Å². The maximum Gasteiger partial charge on any atom is 0.327 e. The number of nitrogens with one attached hydrogen (secondary N) is 1. The molecule has 2 atom stereocenters. The number of likely N-dealkylation sites (N-methyl/N-ethyl adjacent to an activating group) is 1. The minimum Gasteiger partial charge on any atom is -0.396 e. The van der Waals surface area contributed by atoms with Gasteiger partial charge in [-0.3, -0.25) is 15.0 Å². The Morgan fingerprint density at radius 3 is 2.57 bits per heavy atom. The number of rotatable bonds is 6. The molecule has 1 aliphatic heterocycles. The Hall–Kier alpha value is -1.67. The van der Waals surface area contributed by atoms with Crippen molar-refractivity contribution >= 4 is 23.5 Å². The van der Waals surface area contributed by atoms with E-state index in [1.807, 2.05) is 12.1 Å². The average molecular weight is 341 g/mol. The highest BCUT2D eigenvalue weighted by Gasteiger charge is 2.42. The molecule has 8 heteroatoms. The molecule has 1 saturated heterocycles. The van der Waals surface area contributed by atoms with E-state index in [0.717, 1.165) is 10.5 Å². The van der Waals surface area contributed by atoms with Gasteiger partial charge in [-0.25, -0.2) is 4.79 Å². The van der Waals surface area contributed by atoms with E-state index in [0.29, 0.717) is 18.0 Å². The number of benzene rings is 1. The van der Waals surface area contributed by atoms with Gasteiger partial charge in [0, 0.05) is 31.8 Å². The Labute approximate surface area is 140 Å². The number of carbonyl (C=O) groups is 2. The van der Waals surface area contributed by atoms with Gasteiger partial charge in [0.2, 0.25) is 0 Å². The molecule has 2 rings (SSSR count). The van der Waals surface area contributed by atoms with Crippen molar-refractivity contribution in [3.63, 3.8) is 0 Å². The van der Waals surface area contributed by atoms with E-state index in [1.54, 1.807) is 19.2 Å². The predicted molar refractivity (Wildman–Crippen MR) is 86.6 cm³/mol. The van der Waals surface area contributed by atoms with Crippen molar-refractivity contribution in [3.8, 4) is 0 Å². The number of urea groups is 1. The van der Waals surface area contributed by atoms with E-state index in [-0.39, 0.29) is 19.1 Å². The van der Waals surface area contributed by atoms with E-state index in [1.165, 1.54) is 4.90 Å². The fourth-order valence-corrected chi connectivity index (χ4v) is 2.55. The van der Waals surface area contributed by atoms with Gasteiger partial charge in [0.05, 0.1) is 0 Å². The molecule has 23 heavy (non-hydrogen) atoms. The highest BCUT2D eigenvalue weighted by atomic mass is 35.5. The van der Waals surface area contributed by atoms with E-state index < -0.39 is 18.2 Å². The van der Waals surface area contributed by atoms with E-state index in [9.17, 15) is 9.59 Å². The van der Waals surface area contributed by atoms with Crippen molar-refractivity contribution < 1.29 is 14.7 Å². The van der Waals surface area contributed by atoms with Gasteiger partial charge >= 0.3 is 6.03 Å². The molecule has 0 aromatic heterocycles. The Kier molecular flexibility index (Phi) is 5.95. The molecular weight excluding hydrogens is 320 g/mol. The second kappa shape index (κ2) is 7.74. The number of aliphatic hydroxyl groups excluding tert-OH is 1. The fourth-order valence-electron chi connectivity index (χ4n) is 2.42. The van der Waals surface area contributed by atoms with Gasteiger partial charge in [-0.2, -0.15) is 0 Å². The number of hydrogen-bond donors (Lipinski definition) is 3. The van der Waals surface area contributed by atoms with E-state index in [2.05, 4.69) is 5.32 Å². The minimum atomic E-state index is -0.743. The van der Waals surface area contributed by atoms with Crippen molar-refractivity contribution in [1.82, 2.24) is 15.1 Å². The van der Waals surface area contributed by atoms with Crippen LogP contribution in [0, 0.1) is 0 Å². The average Bonchev–Trinajstić information content (AvgIpc) is 2.54. The maximum absolute atomic E-state index is 12.5. The standard InChI is InChI=1S/C15H21ClN4O3/c1-19-13(17)12(14(22)20(15(19)23)7-2-8-21)18-9-10-3-5-11(16)6-4-10/h3-6,12-13,18,21H,2,7-9,17H2,1H3. The lowest BCUT2D eigenvalue weighted by atomic mass is 10.1.